The molecule has 2 nitrogen and oxygen atoms in total. The van der Waals surface area contributed by atoms with Gasteiger partial charge in [0, 0.05) is 19.1 Å². The van der Waals surface area contributed by atoms with E-state index in [1.807, 2.05) is 12.1 Å². The molecule has 0 bridgehead atoms. The lowest BCUT2D eigenvalue weighted by atomic mass is 10.0. The van der Waals surface area contributed by atoms with Crippen LogP contribution in [0, 0.1) is 0 Å². The van der Waals surface area contributed by atoms with Gasteiger partial charge in [-0.15, -0.1) is 0 Å². The molecule has 0 heterocycles. The normalized spacial score (nSPS) is 14.3. The monoisotopic (exact) mass is 268 g/mol. The van der Waals surface area contributed by atoms with Crippen molar-refractivity contribution >= 4 is 17.3 Å². The first-order chi connectivity index (χ1) is 8.51. The van der Waals surface area contributed by atoms with Crippen LogP contribution in [0.4, 0.5) is 5.69 Å². The maximum absolute atomic E-state index is 6.37. The molecule has 2 atom stereocenters. The van der Waals surface area contributed by atoms with Crippen molar-refractivity contribution in [1.82, 2.24) is 0 Å². The fraction of sp³-hybridized carbons (Fsp3) is 0.600. The van der Waals surface area contributed by atoms with Gasteiger partial charge in [0.15, 0.2) is 0 Å². The second-order valence-electron chi connectivity index (χ2n) is 4.99. The smallest absolute Gasteiger partial charge is 0.0642 e. The molecule has 0 aliphatic rings. The highest BCUT2D eigenvalue weighted by Crippen LogP contribution is 2.31. The Morgan fingerprint density at radius 3 is 2.50 bits per heavy atom. The highest BCUT2D eigenvalue weighted by atomic mass is 35.5. The van der Waals surface area contributed by atoms with Crippen LogP contribution in [0.5, 0.6) is 0 Å². The SMILES string of the molecule is CCC(N)Cc1cccc(Cl)c1N(C)C(C)CC. The van der Waals surface area contributed by atoms with Crippen LogP contribution in [-0.4, -0.2) is 19.1 Å². The molecule has 3 heteroatoms. The van der Waals surface area contributed by atoms with Crippen molar-refractivity contribution in [3.05, 3.63) is 28.8 Å². The highest BCUT2D eigenvalue weighted by molar-refractivity contribution is 6.33. The Morgan fingerprint density at radius 2 is 1.94 bits per heavy atom. The summed E-state index contributed by atoms with van der Waals surface area (Å²) in [5.41, 5.74) is 8.46. The first kappa shape index (κ1) is 15.3. The van der Waals surface area contributed by atoms with Crippen molar-refractivity contribution in [2.45, 2.75) is 52.1 Å². The fourth-order valence-corrected chi connectivity index (χ4v) is 2.37. The molecule has 0 aliphatic carbocycles. The van der Waals surface area contributed by atoms with Crippen LogP contribution in [0.15, 0.2) is 18.2 Å². The molecule has 0 saturated heterocycles. The van der Waals surface area contributed by atoms with Crippen molar-refractivity contribution in [1.29, 1.82) is 0 Å². The van der Waals surface area contributed by atoms with Crippen LogP contribution in [0.3, 0.4) is 0 Å². The minimum atomic E-state index is 0.201. The van der Waals surface area contributed by atoms with E-state index in [4.69, 9.17) is 17.3 Å². The molecule has 1 rings (SSSR count). The first-order valence-electron chi connectivity index (χ1n) is 6.77. The predicted molar refractivity (Wildman–Crippen MR) is 81.6 cm³/mol. The third kappa shape index (κ3) is 3.63. The van der Waals surface area contributed by atoms with Crippen LogP contribution in [0.2, 0.25) is 5.02 Å². The van der Waals surface area contributed by atoms with E-state index < -0.39 is 0 Å². The highest BCUT2D eigenvalue weighted by Gasteiger charge is 2.16. The summed E-state index contributed by atoms with van der Waals surface area (Å²) in [6, 6.07) is 6.77. The summed E-state index contributed by atoms with van der Waals surface area (Å²) in [7, 11) is 2.11. The van der Waals surface area contributed by atoms with E-state index in [2.05, 4.69) is 38.8 Å². The van der Waals surface area contributed by atoms with Crippen molar-refractivity contribution in [3.8, 4) is 0 Å². The van der Waals surface area contributed by atoms with E-state index in [1.54, 1.807) is 0 Å². The third-order valence-electron chi connectivity index (χ3n) is 3.68. The molecule has 0 spiro atoms. The minimum Gasteiger partial charge on any atom is -0.370 e. The van der Waals surface area contributed by atoms with E-state index in [0.29, 0.717) is 6.04 Å². The van der Waals surface area contributed by atoms with Crippen molar-refractivity contribution < 1.29 is 0 Å². The summed E-state index contributed by atoms with van der Waals surface area (Å²) < 4.78 is 0. The van der Waals surface area contributed by atoms with Gasteiger partial charge in [-0.1, -0.05) is 37.6 Å². The number of hydrogen-bond donors (Lipinski definition) is 1. The number of benzene rings is 1. The molecule has 0 amide bonds. The number of nitrogens with two attached hydrogens (primary N) is 1. The van der Waals surface area contributed by atoms with E-state index in [0.717, 1.165) is 30.0 Å². The topological polar surface area (TPSA) is 29.3 Å². The van der Waals surface area contributed by atoms with Gasteiger partial charge in [-0.3, -0.25) is 0 Å². The van der Waals surface area contributed by atoms with Gasteiger partial charge in [0.05, 0.1) is 10.7 Å². The van der Waals surface area contributed by atoms with Gasteiger partial charge in [0.25, 0.3) is 0 Å². The maximum atomic E-state index is 6.37. The molecule has 18 heavy (non-hydrogen) atoms. The Morgan fingerprint density at radius 1 is 1.28 bits per heavy atom. The zero-order valence-corrected chi connectivity index (χ0v) is 12.7. The molecule has 0 saturated carbocycles. The van der Waals surface area contributed by atoms with Crippen molar-refractivity contribution in [2.24, 2.45) is 5.73 Å². The quantitative estimate of drug-likeness (QED) is 0.849. The van der Waals surface area contributed by atoms with Crippen LogP contribution in [-0.2, 0) is 6.42 Å². The van der Waals surface area contributed by atoms with Crippen LogP contribution in [0.1, 0.15) is 39.2 Å². The van der Waals surface area contributed by atoms with Gasteiger partial charge in [-0.25, -0.2) is 0 Å². The molecule has 0 fully saturated rings. The van der Waals surface area contributed by atoms with Crippen LogP contribution >= 0.6 is 11.6 Å². The third-order valence-corrected chi connectivity index (χ3v) is 3.99. The van der Waals surface area contributed by atoms with Gasteiger partial charge in [0.1, 0.15) is 0 Å². The average Bonchev–Trinajstić information content (AvgIpc) is 2.37. The van der Waals surface area contributed by atoms with E-state index >= 15 is 0 Å². The lowest BCUT2D eigenvalue weighted by Crippen LogP contribution is -2.30. The molecule has 2 unspecified atom stereocenters. The summed E-state index contributed by atoms with van der Waals surface area (Å²) in [4.78, 5) is 2.26. The van der Waals surface area contributed by atoms with E-state index in [1.165, 1.54) is 5.56 Å². The minimum absolute atomic E-state index is 0.201. The summed E-state index contributed by atoms with van der Waals surface area (Å²) in [6.45, 7) is 6.52. The molecule has 0 aliphatic heterocycles. The van der Waals surface area contributed by atoms with Gasteiger partial charge >= 0.3 is 0 Å². The molecule has 2 N–H and O–H groups in total. The largest absolute Gasteiger partial charge is 0.370 e. The van der Waals surface area contributed by atoms with Crippen LogP contribution in [0.25, 0.3) is 0 Å². The fourth-order valence-electron chi connectivity index (χ4n) is 2.04. The Balaban J connectivity index is 3.07. The lowest BCUT2D eigenvalue weighted by molar-refractivity contribution is 0.633. The van der Waals surface area contributed by atoms with Gasteiger partial charge in [-0.05, 0) is 37.8 Å². The van der Waals surface area contributed by atoms with E-state index in [-0.39, 0.29) is 6.04 Å². The summed E-state index contributed by atoms with van der Waals surface area (Å²) in [5.74, 6) is 0. The zero-order chi connectivity index (χ0) is 13.7. The standard InChI is InChI=1S/C15H25ClN2/c1-5-11(3)18(4)15-12(10-13(17)6-2)8-7-9-14(15)16/h7-9,11,13H,5-6,10,17H2,1-4H3. The lowest BCUT2D eigenvalue weighted by Gasteiger charge is -2.30. The second kappa shape index (κ2) is 7.01. The van der Waals surface area contributed by atoms with E-state index in [9.17, 15) is 0 Å². The average molecular weight is 269 g/mol. The Hall–Kier alpha value is -0.730. The molecule has 0 aromatic heterocycles. The molecular formula is C15H25ClN2. The summed E-state index contributed by atoms with van der Waals surface area (Å²) >= 11 is 6.37. The molecule has 0 radical (unpaired) electrons. The van der Waals surface area contributed by atoms with Gasteiger partial charge < -0.3 is 10.6 Å². The molecule has 1 aromatic rings. The Labute approximate surface area is 116 Å². The van der Waals surface area contributed by atoms with Crippen LogP contribution < -0.4 is 10.6 Å². The van der Waals surface area contributed by atoms with Gasteiger partial charge in [-0.2, -0.15) is 0 Å². The summed E-state index contributed by atoms with van der Waals surface area (Å²) in [5, 5.41) is 0.818. The summed E-state index contributed by atoms with van der Waals surface area (Å²) in [6.07, 6.45) is 2.97. The maximum Gasteiger partial charge on any atom is 0.0642 e. The Kier molecular flexibility index (Phi) is 5.97. The number of para-hydroxylation sites is 1. The van der Waals surface area contributed by atoms with Gasteiger partial charge in [0.2, 0.25) is 0 Å². The molecule has 102 valence electrons. The molecular weight excluding hydrogens is 244 g/mol. The number of nitrogens with zero attached hydrogens (tertiary/aromatic N) is 1. The number of hydrogen-bond acceptors (Lipinski definition) is 2. The number of anilines is 1. The van der Waals surface area contributed by atoms with Crippen molar-refractivity contribution in [2.75, 3.05) is 11.9 Å². The zero-order valence-electron chi connectivity index (χ0n) is 11.9. The second-order valence-corrected chi connectivity index (χ2v) is 5.40. The first-order valence-corrected chi connectivity index (χ1v) is 7.14. The van der Waals surface area contributed by atoms with Crippen molar-refractivity contribution in [3.63, 3.8) is 0 Å². The predicted octanol–water partition coefficient (Wildman–Crippen LogP) is 3.85. The molecule has 1 aromatic carbocycles. The Bertz CT molecular complexity index is 379. The number of halogens is 1. The number of rotatable bonds is 6.